The number of benzene rings is 1. The van der Waals surface area contributed by atoms with Gasteiger partial charge in [0.15, 0.2) is 0 Å². The molecule has 1 aromatic carbocycles. The molecule has 0 atom stereocenters. The van der Waals surface area contributed by atoms with Crippen molar-refractivity contribution in [2.24, 2.45) is 0 Å². The summed E-state index contributed by atoms with van der Waals surface area (Å²) in [5.41, 5.74) is 1.65. The second-order valence-electron chi connectivity index (χ2n) is 4.68. The Kier molecular flexibility index (Phi) is 4.90. The number of hydrogen-bond donors (Lipinski definition) is 1. The lowest BCUT2D eigenvalue weighted by Crippen LogP contribution is -2.23. The molecule has 1 N–H and O–H groups in total. The van der Waals surface area contributed by atoms with Crippen molar-refractivity contribution in [3.05, 3.63) is 42.0 Å². The molecule has 0 spiro atoms. The van der Waals surface area contributed by atoms with Gasteiger partial charge in [-0.05, 0) is 18.2 Å². The minimum Gasteiger partial charge on any atom is -0.478 e. The molecule has 1 aromatic heterocycles. The zero-order valence-corrected chi connectivity index (χ0v) is 12.1. The maximum atomic E-state index is 10.7. The smallest absolute Gasteiger partial charge is 0.328 e. The van der Waals surface area contributed by atoms with Crippen molar-refractivity contribution < 1.29 is 14.6 Å². The van der Waals surface area contributed by atoms with Gasteiger partial charge in [-0.2, -0.15) is 0 Å². The van der Waals surface area contributed by atoms with Crippen LogP contribution < -0.4 is 4.90 Å². The predicted molar refractivity (Wildman–Crippen MR) is 83.6 cm³/mol. The number of aromatic nitrogens is 1. The molecule has 5 heteroatoms. The Morgan fingerprint density at radius 3 is 2.90 bits per heavy atom. The number of ether oxygens (including phenoxy) is 1. The Balaban J connectivity index is 2.47. The molecule has 0 aliphatic heterocycles. The van der Waals surface area contributed by atoms with Crippen LogP contribution in [0.5, 0.6) is 0 Å². The number of fused-ring (bicyclic) bond motifs is 1. The van der Waals surface area contributed by atoms with Crippen molar-refractivity contribution in [3.8, 4) is 0 Å². The fourth-order valence-electron chi connectivity index (χ4n) is 2.05. The topological polar surface area (TPSA) is 62.7 Å². The first-order chi connectivity index (χ1) is 10.1. The quantitative estimate of drug-likeness (QED) is 0.826. The number of para-hydroxylation sites is 1. The van der Waals surface area contributed by atoms with E-state index < -0.39 is 5.97 Å². The fourth-order valence-corrected chi connectivity index (χ4v) is 2.05. The number of carboxylic acid groups (broad SMARTS) is 1. The standard InChI is InChI=1S/C16H18N2O3/c1-18(9-10-21-2)16-13(7-8-15(19)20)11-12-5-3-4-6-14(12)17-16/h3-8,11H,9-10H2,1-2H3,(H,19,20). The largest absolute Gasteiger partial charge is 0.478 e. The summed E-state index contributed by atoms with van der Waals surface area (Å²) in [6.45, 7) is 1.25. The number of carbonyl (C=O) groups is 1. The highest BCUT2D eigenvalue weighted by Crippen LogP contribution is 2.24. The molecule has 0 aliphatic carbocycles. The van der Waals surface area contributed by atoms with E-state index in [-0.39, 0.29) is 0 Å². The molecule has 0 saturated heterocycles. The van der Waals surface area contributed by atoms with Crippen LogP contribution in [0, 0.1) is 0 Å². The lowest BCUT2D eigenvalue weighted by molar-refractivity contribution is -0.131. The van der Waals surface area contributed by atoms with Gasteiger partial charge in [-0.3, -0.25) is 0 Å². The zero-order valence-electron chi connectivity index (χ0n) is 12.1. The Labute approximate surface area is 123 Å². The number of aliphatic carboxylic acids is 1. The molecular formula is C16H18N2O3. The van der Waals surface area contributed by atoms with E-state index in [1.54, 1.807) is 13.2 Å². The second kappa shape index (κ2) is 6.85. The third-order valence-corrected chi connectivity index (χ3v) is 3.13. The van der Waals surface area contributed by atoms with Crippen LogP contribution in [0.4, 0.5) is 5.82 Å². The molecule has 0 radical (unpaired) electrons. The lowest BCUT2D eigenvalue weighted by atomic mass is 10.1. The number of rotatable bonds is 6. The summed E-state index contributed by atoms with van der Waals surface area (Å²) < 4.78 is 5.08. The molecule has 0 bridgehead atoms. The van der Waals surface area contributed by atoms with Crippen LogP contribution in [0.2, 0.25) is 0 Å². The van der Waals surface area contributed by atoms with Gasteiger partial charge in [0.25, 0.3) is 0 Å². The first-order valence-electron chi connectivity index (χ1n) is 6.62. The van der Waals surface area contributed by atoms with E-state index >= 15 is 0 Å². The van der Waals surface area contributed by atoms with E-state index in [2.05, 4.69) is 4.98 Å². The van der Waals surface area contributed by atoms with Crippen LogP contribution in [0.3, 0.4) is 0 Å². The summed E-state index contributed by atoms with van der Waals surface area (Å²) in [7, 11) is 3.56. The van der Waals surface area contributed by atoms with Gasteiger partial charge >= 0.3 is 5.97 Å². The van der Waals surface area contributed by atoms with Crippen LogP contribution in [-0.4, -0.2) is 43.4 Å². The monoisotopic (exact) mass is 286 g/mol. The molecule has 110 valence electrons. The molecule has 0 amide bonds. The van der Waals surface area contributed by atoms with E-state index in [1.807, 2.05) is 42.3 Å². The van der Waals surface area contributed by atoms with Crippen molar-refractivity contribution in [1.82, 2.24) is 4.98 Å². The summed E-state index contributed by atoms with van der Waals surface area (Å²) in [4.78, 5) is 17.3. The molecule has 5 nitrogen and oxygen atoms in total. The van der Waals surface area contributed by atoms with Crippen LogP contribution in [0.1, 0.15) is 5.56 Å². The molecule has 21 heavy (non-hydrogen) atoms. The minimum atomic E-state index is -0.978. The van der Waals surface area contributed by atoms with Crippen molar-refractivity contribution in [2.45, 2.75) is 0 Å². The van der Waals surface area contributed by atoms with E-state index in [0.717, 1.165) is 28.4 Å². The molecule has 0 saturated carbocycles. The Bertz CT molecular complexity index is 668. The van der Waals surface area contributed by atoms with E-state index in [4.69, 9.17) is 9.84 Å². The van der Waals surface area contributed by atoms with Gasteiger partial charge in [-0.15, -0.1) is 0 Å². The van der Waals surface area contributed by atoms with Crippen LogP contribution in [0.25, 0.3) is 17.0 Å². The van der Waals surface area contributed by atoms with Gasteiger partial charge in [0.05, 0.1) is 12.1 Å². The summed E-state index contributed by atoms with van der Waals surface area (Å²) in [6.07, 6.45) is 2.69. The second-order valence-corrected chi connectivity index (χ2v) is 4.68. The Morgan fingerprint density at radius 1 is 1.43 bits per heavy atom. The average Bonchev–Trinajstić information content (AvgIpc) is 2.49. The van der Waals surface area contributed by atoms with Crippen LogP contribution in [-0.2, 0) is 9.53 Å². The third kappa shape index (κ3) is 3.79. The van der Waals surface area contributed by atoms with Crippen molar-refractivity contribution in [3.63, 3.8) is 0 Å². The zero-order chi connectivity index (χ0) is 15.2. The van der Waals surface area contributed by atoms with Crippen LogP contribution in [0.15, 0.2) is 36.4 Å². The van der Waals surface area contributed by atoms with E-state index in [9.17, 15) is 4.79 Å². The average molecular weight is 286 g/mol. The third-order valence-electron chi connectivity index (χ3n) is 3.13. The molecular weight excluding hydrogens is 268 g/mol. The SMILES string of the molecule is COCCN(C)c1nc2ccccc2cc1C=CC(=O)O. The number of methoxy groups -OCH3 is 1. The molecule has 0 unspecified atom stereocenters. The first-order valence-corrected chi connectivity index (χ1v) is 6.62. The number of likely N-dealkylation sites (N-methyl/N-ethyl adjacent to an activating group) is 1. The van der Waals surface area contributed by atoms with E-state index in [0.29, 0.717) is 13.2 Å². The summed E-state index contributed by atoms with van der Waals surface area (Å²) in [6, 6.07) is 9.71. The Hall–Kier alpha value is -2.40. The van der Waals surface area contributed by atoms with Crippen LogP contribution >= 0.6 is 0 Å². The predicted octanol–water partition coefficient (Wildman–Crippen LogP) is 2.42. The number of hydrogen-bond acceptors (Lipinski definition) is 4. The van der Waals surface area contributed by atoms with Gasteiger partial charge in [0.1, 0.15) is 5.82 Å². The van der Waals surface area contributed by atoms with Gasteiger partial charge < -0.3 is 14.7 Å². The maximum absolute atomic E-state index is 10.7. The van der Waals surface area contributed by atoms with Crippen molar-refractivity contribution >= 4 is 28.8 Å². The molecule has 2 rings (SSSR count). The highest BCUT2D eigenvalue weighted by molar-refractivity contribution is 5.90. The maximum Gasteiger partial charge on any atom is 0.328 e. The fraction of sp³-hybridized carbons (Fsp3) is 0.250. The van der Waals surface area contributed by atoms with Crippen molar-refractivity contribution in [2.75, 3.05) is 32.2 Å². The number of carboxylic acids is 1. The minimum absolute atomic E-state index is 0.576. The summed E-state index contributed by atoms with van der Waals surface area (Å²) >= 11 is 0. The summed E-state index contributed by atoms with van der Waals surface area (Å²) in [5, 5.41) is 9.80. The highest BCUT2D eigenvalue weighted by Gasteiger charge is 2.09. The Morgan fingerprint density at radius 2 is 2.19 bits per heavy atom. The summed E-state index contributed by atoms with van der Waals surface area (Å²) in [5.74, 6) is -0.239. The molecule has 2 aromatic rings. The molecule has 0 aliphatic rings. The number of anilines is 1. The van der Waals surface area contributed by atoms with Gasteiger partial charge in [-0.1, -0.05) is 18.2 Å². The molecule has 1 heterocycles. The first kappa shape index (κ1) is 15.0. The van der Waals surface area contributed by atoms with Gasteiger partial charge in [0.2, 0.25) is 0 Å². The molecule has 0 fully saturated rings. The van der Waals surface area contributed by atoms with E-state index in [1.165, 1.54) is 0 Å². The number of pyridine rings is 1. The van der Waals surface area contributed by atoms with Crippen molar-refractivity contribution in [1.29, 1.82) is 0 Å². The highest BCUT2D eigenvalue weighted by atomic mass is 16.5. The van der Waals surface area contributed by atoms with Gasteiger partial charge in [0, 0.05) is 37.7 Å². The van der Waals surface area contributed by atoms with Gasteiger partial charge in [-0.25, -0.2) is 9.78 Å². The number of nitrogens with zero attached hydrogens (tertiary/aromatic N) is 2. The lowest BCUT2D eigenvalue weighted by Gasteiger charge is -2.20. The normalized spacial score (nSPS) is 11.1.